The Morgan fingerprint density at radius 1 is 1.12 bits per heavy atom. The number of carboxylic acids is 1. The van der Waals surface area contributed by atoms with Crippen molar-refractivity contribution in [2.45, 2.75) is 23.8 Å². The molecule has 0 bridgehead atoms. The monoisotopic (exact) mass is 382 g/mol. The number of aliphatic carboxylic acids is 1. The predicted octanol–water partition coefficient (Wildman–Crippen LogP) is 0.538. The van der Waals surface area contributed by atoms with Crippen LogP contribution in [0.1, 0.15) is 12.8 Å². The molecule has 0 heterocycles. The lowest BCUT2D eigenvalue weighted by Gasteiger charge is -2.03. The third-order valence-corrected chi connectivity index (χ3v) is 4.22. The van der Waals surface area contributed by atoms with Gasteiger partial charge in [-0.3, -0.25) is 14.3 Å². The van der Waals surface area contributed by atoms with Crippen LogP contribution in [0.2, 0.25) is 0 Å². The molecule has 0 aliphatic heterocycles. The van der Waals surface area contributed by atoms with Gasteiger partial charge in [0.1, 0.15) is 10.9 Å². The van der Waals surface area contributed by atoms with Crippen LogP contribution in [0, 0.1) is 0 Å². The zero-order valence-corrected chi connectivity index (χ0v) is 14.8. The van der Waals surface area contributed by atoms with E-state index in [4.69, 9.17) is 26.9 Å². The van der Waals surface area contributed by atoms with E-state index in [0.29, 0.717) is 24.8 Å². The van der Waals surface area contributed by atoms with E-state index in [1.165, 1.54) is 6.07 Å². The maximum Gasteiger partial charge on any atom is 0.320 e. The van der Waals surface area contributed by atoms with Crippen molar-refractivity contribution in [2.75, 3.05) is 6.54 Å². The van der Waals surface area contributed by atoms with Crippen LogP contribution < -0.4 is 17.2 Å². The van der Waals surface area contributed by atoms with Crippen molar-refractivity contribution in [3.05, 3.63) is 42.5 Å². The Kier molecular flexibility index (Phi) is 7.97. The third-order valence-electron chi connectivity index (χ3n) is 3.31. The van der Waals surface area contributed by atoms with Gasteiger partial charge in [-0.2, -0.15) is 8.42 Å². The predicted molar refractivity (Wildman–Crippen MR) is 99.3 cm³/mol. The summed E-state index contributed by atoms with van der Waals surface area (Å²) in [5, 5.41) is 9.71. The lowest BCUT2D eigenvalue weighted by molar-refractivity contribution is -0.138. The Hall–Kier alpha value is -2.69. The van der Waals surface area contributed by atoms with Crippen molar-refractivity contribution in [1.82, 2.24) is 0 Å². The first-order valence-corrected chi connectivity index (χ1v) is 9.06. The molecule has 2 aromatic carbocycles. The second-order valence-corrected chi connectivity index (χ2v) is 6.74. The van der Waals surface area contributed by atoms with Crippen molar-refractivity contribution in [3.63, 3.8) is 0 Å². The van der Waals surface area contributed by atoms with E-state index in [1.54, 1.807) is 30.3 Å². The molecule has 1 atom stereocenters. The highest BCUT2D eigenvalue weighted by atomic mass is 32.2. The largest absolute Gasteiger partial charge is 0.480 e. The van der Waals surface area contributed by atoms with Crippen LogP contribution in [-0.4, -0.2) is 42.6 Å². The van der Waals surface area contributed by atoms with Crippen molar-refractivity contribution in [1.29, 1.82) is 0 Å². The summed E-state index contributed by atoms with van der Waals surface area (Å²) in [6, 6.07) is 11.0. The van der Waals surface area contributed by atoms with Gasteiger partial charge < -0.3 is 22.3 Å². The summed E-state index contributed by atoms with van der Waals surface area (Å²) in [5.41, 5.74) is 15.3. The number of carboxylic acid groups (broad SMARTS) is 1. The maximum atomic E-state index is 11.0. The summed E-state index contributed by atoms with van der Waals surface area (Å²) in [4.78, 5) is 13.9. The maximum absolute atomic E-state index is 11.0. The number of benzene rings is 2. The van der Waals surface area contributed by atoms with E-state index in [9.17, 15) is 13.2 Å². The van der Waals surface area contributed by atoms with Crippen molar-refractivity contribution < 1.29 is 22.9 Å². The topological polar surface area (TPSA) is 182 Å². The first-order chi connectivity index (χ1) is 12.1. The quantitative estimate of drug-likeness (QED) is 0.207. The van der Waals surface area contributed by atoms with Gasteiger partial charge in [0.25, 0.3) is 10.1 Å². The summed E-state index contributed by atoms with van der Waals surface area (Å²) >= 11 is 0. The van der Waals surface area contributed by atoms with Gasteiger partial charge in [-0.25, -0.2) is 0 Å². The normalized spacial score (nSPS) is 11.9. The number of carbonyl (C=O) groups is 1. The van der Waals surface area contributed by atoms with Crippen LogP contribution in [-0.2, 0) is 14.9 Å². The Bertz CT molecular complexity index is 874. The molecule has 0 fully saturated rings. The number of aliphatic imine (C=N–C) groups is 1. The Labute approximate surface area is 151 Å². The summed E-state index contributed by atoms with van der Waals surface area (Å²) in [5.74, 6) is -0.987. The molecule has 0 saturated heterocycles. The summed E-state index contributed by atoms with van der Waals surface area (Å²) in [6.45, 7) is 0.420. The first kappa shape index (κ1) is 21.4. The van der Waals surface area contributed by atoms with E-state index < -0.39 is 22.1 Å². The number of rotatable bonds is 6. The molecule has 142 valence electrons. The van der Waals surface area contributed by atoms with Gasteiger partial charge in [-0.1, -0.05) is 36.4 Å². The molecule has 10 heteroatoms. The Morgan fingerprint density at radius 2 is 1.73 bits per heavy atom. The highest BCUT2D eigenvalue weighted by Crippen LogP contribution is 2.21. The zero-order valence-electron chi connectivity index (χ0n) is 13.9. The molecular weight excluding hydrogens is 360 g/mol. The van der Waals surface area contributed by atoms with Crippen molar-refractivity contribution >= 4 is 32.8 Å². The minimum atomic E-state index is -4.13. The molecule has 0 amide bonds. The minimum absolute atomic E-state index is 0.0129. The fourth-order valence-corrected chi connectivity index (χ4v) is 2.78. The number of fused-ring (bicyclic) bond motifs is 1. The van der Waals surface area contributed by atoms with Gasteiger partial charge in [-0.05, 0) is 24.3 Å². The fraction of sp³-hybridized carbons (Fsp3) is 0.250. The number of nitrogens with zero attached hydrogens (tertiary/aromatic N) is 1. The van der Waals surface area contributed by atoms with E-state index in [2.05, 4.69) is 4.99 Å². The van der Waals surface area contributed by atoms with Gasteiger partial charge in [0.2, 0.25) is 0 Å². The van der Waals surface area contributed by atoms with Crippen LogP contribution in [0.25, 0.3) is 10.8 Å². The Balaban J connectivity index is 0.000000265. The minimum Gasteiger partial charge on any atom is -0.480 e. The van der Waals surface area contributed by atoms with Crippen molar-refractivity contribution in [2.24, 2.45) is 22.2 Å². The van der Waals surface area contributed by atoms with Crippen LogP contribution in [0.4, 0.5) is 0 Å². The van der Waals surface area contributed by atoms with E-state index >= 15 is 0 Å². The SMILES string of the molecule is NC(N)=NCCC[C@H](N)C(=O)O.O=S(=O)(O)c1cccc2ccccc12. The van der Waals surface area contributed by atoms with Gasteiger partial charge in [-0.15, -0.1) is 0 Å². The molecule has 0 aromatic heterocycles. The van der Waals surface area contributed by atoms with Gasteiger partial charge in [0.05, 0.1) is 0 Å². The standard InChI is InChI=1S/C10H8O3S.C6H14N4O2/c11-14(12,13)10-7-3-5-8-4-1-2-6-9(8)10;7-4(5(11)12)2-1-3-10-6(8)9/h1-7H,(H,11,12,13);4H,1-3,7H2,(H,11,12)(H4,8,9,10)/t;4-/m.0/s1. The molecule has 2 rings (SSSR count). The van der Waals surface area contributed by atoms with Crippen LogP contribution >= 0.6 is 0 Å². The zero-order chi connectivity index (χ0) is 19.7. The Morgan fingerprint density at radius 3 is 2.31 bits per heavy atom. The molecular formula is C16H22N4O5S. The lowest BCUT2D eigenvalue weighted by atomic mass is 10.1. The number of guanidine groups is 1. The van der Waals surface area contributed by atoms with Gasteiger partial charge in [0, 0.05) is 11.9 Å². The molecule has 0 saturated carbocycles. The molecule has 2 aromatic rings. The second kappa shape index (κ2) is 9.70. The molecule has 0 radical (unpaired) electrons. The smallest absolute Gasteiger partial charge is 0.320 e. The highest BCUT2D eigenvalue weighted by Gasteiger charge is 2.12. The lowest BCUT2D eigenvalue weighted by Crippen LogP contribution is -2.30. The van der Waals surface area contributed by atoms with E-state index in [0.717, 1.165) is 5.39 Å². The number of nitrogens with two attached hydrogens (primary N) is 3. The molecule has 0 aliphatic rings. The van der Waals surface area contributed by atoms with Crippen LogP contribution in [0.3, 0.4) is 0 Å². The third kappa shape index (κ3) is 7.05. The summed E-state index contributed by atoms with van der Waals surface area (Å²) < 4.78 is 31.0. The molecule has 0 spiro atoms. The number of hydrogen-bond acceptors (Lipinski definition) is 5. The van der Waals surface area contributed by atoms with Crippen molar-refractivity contribution in [3.8, 4) is 0 Å². The van der Waals surface area contributed by atoms with E-state index in [-0.39, 0.29) is 10.9 Å². The molecule has 0 aliphatic carbocycles. The number of hydrogen-bond donors (Lipinski definition) is 5. The average Bonchev–Trinajstić information content (AvgIpc) is 2.57. The fourth-order valence-electron chi connectivity index (χ4n) is 2.06. The van der Waals surface area contributed by atoms with Crippen LogP contribution in [0.5, 0.6) is 0 Å². The molecule has 26 heavy (non-hydrogen) atoms. The molecule has 9 nitrogen and oxygen atoms in total. The summed E-state index contributed by atoms with van der Waals surface area (Å²) in [7, 11) is -4.13. The molecule has 0 unspecified atom stereocenters. The second-order valence-electron chi connectivity index (χ2n) is 5.35. The van der Waals surface area contributed by atoms with Crippen LogP contribution in [0.15, 0.2) is 52.4 Å². The van der Waals surface area contributed by atoms with Gasteiger partial charge in [0.15, 0.2) is 5.96 Å². The summed E-state index contributed by atoms with van der Waals surface area (Å²) in [6.07, 6.45) is 0.956. The average molecular weight is 382 g/mol. The highest BCUT2D eigenvalue weighted by molar-refractivity contribution is 7.86. The molecule has 8 N–H and O–H groups in total. The first-order valence-electron chi connectivity index (χ1n) is 7.62. The van der Waals surface area contributed by atoms with Gasteiger partial charge >= 0.3 is 5.97 Å². The van der Waals surface area contributed by atoms with E-state index in [1.807, 2.05) is 6.07 Å².